The molecule has 0 atom stereocenters. The van der Waals surface area contributed by atoms with Crippen LogP contribution in [0.1, 0.15) is 27.7 Å². The lowest BCUT2D eigenvalue weighted by atomic mass is 10.2. The summed E-state index contributed by atoms with van der Waals surface area (Å²) in [5.74, 6) is 1.64. The van der Waals surface area contributed by atoms with Gasteiger partial charge in [0.15, 0.2) is 0 Å². The van der Waals surface area contributed by atoms with Crippen LogP contribution in [0.15, 0.2) is 0 Å². The number of hydrogen-bond acceptors (Lipinski definition) is 6. The lowest BCUT2D eigenvalue weighted by molar-refractivity contribution is -0.146. The number of esters is 1. The van der Waals surface area contributed by atoms with Gasteiger partial charge in [-0.15, -0.1) is 0 Å². The summed E-state index contributed by atoms with van der Waals surface area (Å²) in [7, 11) is 3.48. The number of hydrogen-bond donors (Lipinski definition) is 1. The highest BCUT2D eigenvalue weighted by molar-refractivity contribution is 8.76. The van der Waals surface area contributed by atoms with E-state index >= 15 is 0 Å². The van der Waals surface area contributed by atoms with E-state index in [0.717, 1.165) is 31.3 Å². The maximum Gasteiger partial charge on any atom is 0.308 e. The van der Waals surface area contributed by atoms with Gasteiger partial charge in [0.2, 0.25) is 0 Å². The Hall–Kier alpha value is 0.0900. The highest BCUT2D eigenvalue weighted by Gasteiger charge is 2.07. The zero-order valence-electron chi connectivity index (χ0n) is 12.4. The van der Waals surface area contributed by atoms with E-state index in [2.05, 4.69) is 19.2 Å². The summed E-state index contributed by atoms with van der Waals surface area (Å²) in [6.07, 6.45) is 0. The normalized spacial score (nSPS) is 11.3. The van der Waals surface area contributed by atoms with Gasteiger partial charge in [0, 0.05) is 24.1 Å². The predicted molar refractivity (Wildman–Crippen MR) is 84.7 cm³/mol. The van der Waals surface area contributed by atoms with Gasteiger partial charge in [-0.1, -0.05) is 49.3 Å². The molecule has 0 aliphatic carbocycles. The Kier molecular flexibility index (Phi) is 13.2. The first-order valence-corrected chi connectivity index (χ1v) is 9.25. The van der Waals surface area contributed by atoms with Crippen LogP contribution in [-0.4, -0.2) is 49.9 Å². The summed E-state index contributed by atoms with van der Waals surface area (Å²) in [6, 6.07) is 0.516. The van der Waals surface area contributed by atoms with Gasteiger partial charge in [0.1, 0.15) is 6.61 Å². The standard InChI is InChI=1S/C13H27NO3S2/c1-11(2)13(15)17-8-10-19-18-9-7-16-6-5-14-12(3)4/h11-12,14H,5-10H2,1-4H3. The maximum absolute atomic E-state index is 11.2. The Morgan fingerprint density at radius 3 is 2.26 bits per heavy atom. The van der Waals surface area contributed by atoms with Gasteiger partial charge in [0.25, 0.3) is 0 Å². The molecule has 6 heteroatoms. The minimum atomic E-state index is -0.119. The van der Waals surface area contributed by atoms with Crippen molar-refractivity contribution in [3.05, 3.63) is 0 Å². The van der Waals surface area contributed by atoms with Crippen LogP contribution >= 0.6 is 21.6 Å². The summed E-state index contributed by atoms with van der Waals surface area (Å²) in [4.78, 5) is 11.2. The molecule has 0 saturated carbocycles. The van der Waals surface area contributed by atoms with Gasteiger partial charge in [-0.2, -0.15) is 0 Å². The lowest BCUT2D eigenvalue weighted by Gasteiger charge is -2.08. The van der Waals surface area contributed by atoms with Crippen LogP contribution in [0.4, 0.5) is 0 Å². The highest BCUT2D eigenvalue weighted by atomic mass is 33.1. The van der Waals surface area contributed by atoms with Gasteiger partial charge >= 0.3 is 5.97 Å². The molecule has 0 aliphatic heterocycles. The predicted octanol–water partition coefficient (Wildman–Crippen LogP) is 2.58. The van der Waals surface area contributed by atoms with Crippen molar-refractivity contribution in [2.45, 2.75) is 33.7 Å². The third-order valence-corrected chi connectivity index (χ3v) is 4.41. The fourth-order valence-corrected chi connectivity index (χ4v) is 2.76. The van der Waals surface area contributed by atoms with E-state index in [-0.39, 0.29) is 11.9 Å². The van der Waals surface area contributed by atoms with Crippen LogP contribution in [0.5, 0.6) is 0 Å². The number of carbonyl (C=O) groups is 1. The van der Waals surface area contributed by atoms with E-state index in [4.69, 9.17) is 9.47 Å². The van der Waals surface area contributed by atoms with E-state index in [0.29, 0.717) is 12.6 Å². The van der Waals surface area contributed by atoms with Gasteiger partial charge in [0.05, 0.1) is 19.1 Å². The molecular formula is C13H27NO3S2. The van der Waals surface area contributed by atoms with Crippen molar-refractivity contribution < 1.29 is 14.3 Å². The third-order valence-electron chi connectivity index (χ3n) is 2.08. The molecular weight excluding hydrogens is 282 g/mol. The molecule has 1 N–H and O–H groups in total. The van der Waals surface area contributed by atoms with E-state index in [1.165, 1.54) is 0 Å². The zero-order valence-corrected chi connectivity index (χ0v) is 14.1. The smallest absolute Gasteiger partial charge is 0.308 e. The second kappa shape index (κ2) is 13.1. The van der Waals surface area contributed by atoms with Crippen LogP contribution in [0.2, 0.25) is 0 Å². The molecule has 0 heterocycles. The summed E-state index contributed by atoms with van der Waals surface area (Å²) in [5.41, 5.74) is 0. The van der Waals surface area contributed by atoms with Crippen LogP contribution in [0, 0.1) is 5.92 Å². The van der Waals surface area contributed by atoms with Gasteiger partial charge in [-0.3, -0.25) is 4.79 Å². The molecule has 0 amide bonds. The van der Waals surface area contributed by atoms with E-state index in [1.54, 1.807) is 21.6 Å². The fraction of sp³-hybridized carbons (Fsp3) is 0.923. The van der Waals surface area contributed by atoms with Crippen molar-refractivity contribution in [2.24, 2.45) is 5.92 Å². The van der Waals surface area contributed by atoms with Crippen molar-refractivity contribution in [3.8, 4) is 0 Å². The molecule has 4 nitrogen and oxygen atoms in total. The SMILES string of the molecule is CC(C)NCCOCCSSCCOC(=O)C(C)C. The van der Waals surface area contributed by atoms with Crippen molar-refractivity contribution in [1.82, 2.24) is 5.32 Å². The Balaban J connectivity index is 3.09. The molecule has 0 fully saturated rings. The number of rotatable bonds is 12. The van der Waals surface area contributed by atoms with E-state index in [1.807, 2.05) is 13.8 Å². The molecule has 0 radical (unpaired) electrons. The fourth-order valence-electron chi connectivity index (χ4n) is 1.08. The lowest BCUT2D eigenvalue weighted by Crippen LogP contribution is -2.26. The number of nitrogens with one attached hydrogen (secondary N) is 1. The van der Waals surface area contributed by atoms with Crippen molar-refractivity contribution >= 4 is 27.6 Å². The van der Waals surface area contributed by atoms with Crippen LogP contribution < -0.4 is 5.32 Å². The van der Waals surface area contributed by atoms with Crippen molar-refractivity contribution in [2.75, 3.05) is 37.9 Å². The molecule has 0 bridgehead atoms. The molecule has 0 aromatic carbocycles. The maximum atomic E-state index is 11.2. The summed E-state index contributed by atoms with van der Waals surface area (Å²) >= 11 is 0. The first-order valence-electron chi connectivity index (χ1n) is 6.76. The molecule has 0 spiro atoms. The van der Waals surface area contributed by atoms with E-state index in [9.17, 15) is 4.79 Å². The summed E-state index contributed by atoms with van der Waals surface area (Å²) in [5, 5.41) is 3.30. The van der Waals surface area contributed by atoms with Crippen LogP contribution in [-0.2, 0) is 14.3 Å². The zero-order chi connectivity index (χ0) is 14.5. The quantitative estimate of drug-likeness (QED) is 0.340. The average Bonchev–Trinajstić information content (AvgIpc) is 2.35. The molecule has 19 heavy (non-hydrogen) atoms. The molecule has 114 valence electrons. The Labute approximate surface area is 125 Å². The summed E-state index contributed by atoms with van der Waals surface area (Å²) in [6.45, 7) is 10.9. The third kappa shape index (κ3) is 14.3. The van der Waals surface area contributed by atoms with Crippen LogP contribution in [0.25, 0.3) is 0 Å². The van der Waals surface area contributed by atoms with Crippen LogP contribution in [0.3, 0.4) is 0 Å². The van der Waals surface area contributed by atoms with Crippen molar-refractivity contribution in [1.29, 1.82) is 0 Å². The van der Waals surface area contributed by atoms with Gasteiger partial charge in [-0.25, -0.2) is 0 Å². The first-order chi connectivity index (χ1) is 9.04. The minimum Gasteiger partial charge on any atom is -0.465 e. The second-order valence-electron chi connectivity index (χ2n) is 4.69. The van der Waals surface area contributed by atoms with Crippen molar-refractivity contribution in [3.63, 3.8) is 0 Å². The van der Waals surface area contributed by atoms with Gasteiger partial charge in [-0.05, 0) is 0 Å². The molecule has 0 aliphatic rings. The molecule has 0 aromatic heterocycles. The number of carbonyl (C=O) groups excluding carboxylic acids is 1. The molecule has 0 aromatic rings. The Morgan fingerprint density at radius 2 is 1.68 bits per heavy atom. The largest absolute Gasteiger partial charge is 0.465 e. The average molecular weight is 309 g/mol. The molecule has 0 saturated heterocycles. The Bertz CT molecular complexity index is 226. The minimum absolute atomic E-state index is 0.0366. The highest BCUT2D eigenvalue weighted by Crippen LogP contribution is 2.20. The van der Waals surface area contributed by atoms with Gasteiger partial charge < -0.3 is 14.8 Å². The number of ether oxygens (including phenoxy) is 2. The monoisotopic (exact) mass is 309 g/mol. The topological polar surface area (TPSA) is 47.6 Å². The second-order valence-corrected chi connectivity index (χ2v) is 7.39. The summed E-state index contributed by atoms with van der Waals surface area (Å²) < 4.78 is 10.6. The Morgan fingerprint density at radius 1 is 1.05 bits per heavy atom. The molecule has 0 rings (SSSR count). The molecule has 0 unspecified atom stereocenters. The first kappa shape index (κ1) is 19.1. The van der Waals surface area contributed by atoms with E-state index < -0.39 is 0 Å².